The Morgan fingerprint density at radius 1 is 1.00 bits per heavy atom. The number of carbonyl (C=O) groups is 1. The van der Waals surface area contributed by atoms with Gasteiger partial charge in [-0.05, 0) is 55.7 Å². The van der Waals surface area contributed by atoms with Crippen LogP contribution in [0, 0.1) is 0 Å². The molecular weight excluding hydrogens is 347 g/mol. The van der Waals surface area contributed by atoms with Crippen LogP contribution in [0.25, 0.3) is 0 Å². The standard InChI is InChI=1S/C17H20N4O.2ClH/c18-14-6-4-13(5-7-14)17(22)20-15-8-9-16(19-12-15)21-10-2-1-3-11-21;;/h4-9,12H,1-3,10-11,18H2,(H,20,22);2*1H. The van der Waals surface area contributed by atoms with E-state index >= 15 is 0 Å². The Bertz CT molecular complexity index is 641. The number of amides is 1. The number of pyridine rings is 1. The summed E-state index contributed by atoms with van der Waals surface area (Å²) in [5.41, 5.74) is 7.54. The number of nitrogens with zero attached hydrogens (tertiary/aromatic N) is 2. The molecule has 2 aromatic rings. The number of rotatable bonds is 3. The van der Waals surface area contributed by atoms with Gasteiger partial charge in [0.1, 0.15) is 5.82 Å². The summed E-state index contributed by atoms with van der Waals surface area (Å²) in [5, 5.41) is 2.85. The first-order valence-electron chi connectivity index (χ1n) is 7.60. The SMILES string of the molecule is Cl.Cl.Nc1ccc(C(=O)Nc2ccc(N3CCCCC3)nc2)cc1. The third-order valence-corrected chi connectivity index (χ3v) is 3.86. The van der Waals surface area contributed by atoms with Gasteiger partial charge in [-0.1, -0.05) is 0 Å². The Morgan fingerprint density at radius 2 is 1.67 bits per heavy atom. The molecule has 1 aliphatic heterocycles. The molecule has 1 saturated heterocycles. The summed E-state index contributed by atoms with van der Waals surface area (Å²) >= 11 is 0. The molecule has 0 radical (unpaired) electrons. The lowest BCUT2D eigenvalue weighted by Gasteiger charge is -2.27. The monoisotopic (exact) mass is 368 g/mol. The molecule has 1 amide bonds. The molecular formula is C17H22Cl2N4O. The Morgan fingerprint density at radius 3 is 2.25 bits per heavy atom. The van der Waals surface area contributed by atoms with E-state index in [1.165, 1.54) is 19.3 Å². The molecule has 0 spiro atoms. The molecule has 1 fully saturated rings. The molecule has 0 bridgehead atoms. The van der Waals surface area contributed by atoms with Crippen LogP contribution in [-0.2, 0) is 0 Å². The molecule has 2 heterocycles. The van der Waals surface area contributed by atoms with Gasteiger partial charge in [0.15, 0.2) is 0 Å². The number of aromatic nitrogens is 1. The summed E-state index contributed by atoms with van der Waals surface area (Å²) in [6.07, 6.45) is 5.44. The van der Waals surface area contributed by atoms with E-state index < -0.39 is 0 Å². The predicted molar refractivity (Wildman–Crippen MR) is 104 cm³/mol. The number of hydrogen-bond acceptors (Lipinski definition) is 4. The van der Waals surface area contributed by atoms with Gasteiger partial charge in [0.25, 0.3) is 5.91 Å². The zero-order chi connectivity index (χ0) is 15.4. The summed E-state index contributed by atoms with van der Waals surface area (Å²) in [7, 11) is 0. The third-order valence-electron chi connectivity index (χ3n) is 3.86. The van der Waals surface area contributed by atoms with E-state index in [0.717, 1.165) is 18.9 Å². The first-order chi connectivity index (χ1) is 10.7. The number of hydrogen-bond donors (Lipinski definition) is 2. The highest BCUT2D eigenvalue weighted by atomic mass is 35.5. The van der Waals surface area contributed by atoms with Gasteiger partial charge < -0.3 is 16.0 Å². The van der Waals surface area contributed by atoms with Gasteiger partial charge >= 0.3 is 0 Å². The molecule has 1 aliphatic rings. The van der Waals surface area contributed by atoms with E-state index in [1.54, 1.807) is 30.5 Å². The lowest BCUT2D eigenvalue weighted by atomic mass is 10.1. The van der Waals surface area contributed by atoms with Crippen molar-refractivity contribution in [3.63, 3.8) is 0 Å². The molecule has 0 unspecified atom stereocenters. The van der Waals surface area contributed by atoms with Crippen LogP contribution in [0.4, 0.5) is 17.2 Å². The maximum atomic E-state index is 12.1. The highest BCUT2D eigenvalue weighted by Gasteiger charge is 2.12. The fourth-order valence-corrected chi connectivity index (χ4v) is 2.61. The van der Waals surface area contributed by atoms with Crippen molar-refractivity contribution in [2.45, 2.75) is 19.3 Å². The molecule has 3 N–H and O–H groups in total. The van der Waals surface area contributed by atoms with Crippen LogP contribution in [0.5, 0.6) is 0 Å². The number of benzene rings is 1. The third kappa shape index (κ3) is 5.01. The van der Waals surface area contributed by atoms with Crippen molar-refractivity contribution in [1.82, 2.24) is 4.98 Å². The summed E-state index contributed by atoms with van der Waals surface area (Å²) in [5.74, 6) is 0.817. The highest BCUT2D eigenvalue weighted by Crippen LogP contribution is 2.19. The van der Waals surface area contributed by atoms with Gasteiger partial charge in [-0.2, -0.15) is 0 Å². The largest absolute Gasteiger partial charge is 0.399 e. The van der Waals surface area contributed by atoms with E-state index in [1.807, 2.05) is 12.1 Å². The second-order valence-corrected chi connectivity index (χ2v) is 5.53. The second kappa shape index (κ2) is 9.35. The Hall–Kier alpha value is -1.98. The van der Waals surface area contributed by atoms with Crippen LogP contribution < -0.4 is 16.0 Å². The van der Waals surface area contributed by atoms with E-state index in [4.69, 9.17) is 5.73 Å². The Kier molecular flexibility index (Phi) is 7.82. The average molecular weight is 369 g/mol. The van der Waals surface area contributed by atoms with Crippen LogP contribution in [0.15, 0.2) is 42.6 Å². The summed E-state index contributed by atoms with van der Waals surface area (Å²) in [6, 6.07) is 10.7. The number of halogens is 2. The summed E-state index contributed by atoms with van der Waals surface area (Å²) in [4.78, 5) is 18.9. The quantitative estimate of drug-likeness (QED) is 0.809. The molecule has 3 rings (SSSR count). The van der Waals surface area contributed by atoms with Gasteiger partial charge in [0.05, 0.1) is 11.9 Å². The van der Waals surface area contributed by atoms with Crippen LogP contribution in [0.3, 0.4) is 0 Å². The number of nitrogens with two attached hydrogens (primary N) is 1. The van der Waals surface area contributed by atoms with Crippen molar-refractivity contribution in [3.8, 4) is 0 Å². The van der Waals surface area contributed by atoms with Crippen LogP contribution in [0.2, 0.25) is 0 Å². The minimum atomic E-state index is -0.160. The van der Waals surface area contributed by atoms with Gasteiger partial charge in [-0.25, -0.2) is 4.98 Å². The minimum Gasteiger partial charge on any atom is -0.399 e. The summed E-state index contributed by atoms with van der Waals surface area (Å²) in [6.45, 7) is 2.12. The number of nitrogen functional groups attached to an aromatic ring is 1. The first kappa shape index (κ1) is 20.1. The van der Waals surface area contributed by atoms with Gasteiger partial charge in [0, 0.05) is 24.3 Å². The maximum Gasteiger partial charge on any atom is 0.255 e. The van der Waals surface area contributed by atoms with Crippen molar-refractivity contribution >= 4 is 47.9 Å². The average Bonchev–Trinajstić information content (AvgIpc) is 2.57. The number of nitrogens with one attached hydrogen (secondary N) is 1. The number of anilines is 3. The Labute approximate surface area is 154 Å². The van der Waals surface area contributed by atoms with E-state index in [9.17, 15) is 4.79 Å². The fraction of sp³-hybridized carbons (Fsp3) is 0.294. The fourth-order valence-electron chi connectivity index (χ4n) is 2.61. The summed E-state index contributed by atoms with van der Waals surface area (Å²) < 4.78 is 0. The number of carbonyl (C=O) groups excluding carboxylic acids is 1. The normalized spacial score (nSPS) is 13.4. The van der Waals surface area contributed by atoms with Crippen LogP contribution in [-0.4, -0.2) is 24.0 Å². The molecule has 1 aromatic heterocycles. The number of piperidine rings is 1. The van der Waals surface area contributed by atoms with E-state index in [-0.39, 0.29) is 30.7 Å². The van der Waals surface area contributed by atoms with Gasteiger partial charge in [-0.15, -0.1) is 24.8 Å². The topological polar surface area (TPSA) is 71.2 Å². The van der Waals surface area contributed by atoms with Crippen molar-refractivity contribution in [3.05, 3.63) is 48.2 Å². The van der Waals surface area contributed by atoms with Crippen molar-refractivity contribution in [2.24, 2.45) is 0 Å². The lowest BCUT2D eigenvalue weighted by Crippen LogP contribution is -2.30. The molecule has 1 aromatic carbocycles. The smallest absolute Gasteiger partial charge is 0.255 e. The van der Waals surface area contributed by atoms with Gasteiger partial charge in [-0.3, -0.25) is 4.79 Å². The molecule has 7 heteroatoms. The molecule has 0 atom stereocenters. The molecule has 130 valence electrons. The van der Waals surface area contributed by atoms with Crippen molar-refractivity contribution in [1.29, 1.82) is 0 Å². The van der Waals surface area contributed by atoms with Crippen LogP contribution >= 0.6 is 24.8 Å². The molecule has 24 heavy (non-hydrogen) atoms. The van der Waals surface area contributed by atoms with Crippen LogP contribution in [0.1, 0.15) is 29.6 Å². The lowest BCUT2D eigenvalue weighted by molar-refractivity contribution is 0.102. The Balaban J connectivity index is 0.00000144. The molecule has 0 saturated carbocycles. The highest BCUT2D eigenvalue weighted by molar-refractivity contribution is 6.04. The molecule has 0 aliphatic carbocycles. The van der Waals surface area contributed by atoms with Gasteiger partial charge in [0.2, 0.25) is 0 Å². The minimum absolute atomic E-state index is 0. The zero-order valence-corrected chi connectivity index (χ0v) is 14.9. The van der Waals surface area contributed by atoms with E-state index in [2.05, 4.69) is 15.2 Å². The zero-order valence-electron chi connectivity index (χ0n) is 13.3. The van der Waals surface area contributed by atoms with Crippen molar-refractivity contribution in [2.75, 3.05) is 29.0 Å². The second-order valence-electron chi connectivity index (χ2n) is 5.53. The first-order valence-corrected chi connectivity index (χ1v) is 7.60. The predicted octanol–water partition coefficient (Wildman–Crippen LogP) is 3.75. The molecule has 5 nitrogen and oxygen atoms in total. The van der Waals surface area contributed by atoms with E-state index in [0.29, 0.717) is 16.9 Å². The maximum absolute atomic E-state index is 12.1. The van der Waals surface area contributed by atoms with Crippen molar-refractivity contribution < 1.29 is 4.79 Å².